The predicted octanol–water partition coefficient (Wildman–Crippen LogP) is 1.75. The van der Waals surface area contributed by atoms with Crippen LogP contribution in [0.2, 0.25) is 0 Å². The van der Waals surface area contributed by atoms with Gasteiger partial charge < -0.3 is 20.5 Å². The molecule has 0 aromatic heterocycles. The molecule has 0 heterocycles. The van der Waals surface area contributed by atoms with E-state index in [0.717, 1.165) is 12.5 Å². The van der Waals surface area contributed by atoms with E-state index in [1.807, 2.05) is 27.7 Å². The minimum absolute atomic E-state index is 0. The van der Waals surface area contributed by atoms with E-state index >= 15 is 0 Å². The van der Waals surface area contributed by atoms with Crippen molar-refractivity contribution < 1.29 is 9.84 Å². The molecule has 1 atom stereocenters. The summed E-state index contributed by atoms with van der Waals surface area (Å²) in [6.45, 7) is 9.83. The Morgan fingerprint density at radius 3 is 2.32 bits per heavy atom. The van der Waals surface area contributed by atoms with Gasteiger partial charge in [0, 0.05) is 19.7 Å². The van der Waals surface area contributed by atoms with E-state index < -0.39 is 5.60 Å². The number of aliphatic imine (C=N–C) groups is 1. The van der Waals surface area contributed by atoms with E-state index in [4.69, 9.17) is 4.74 Å². The second-order valence-corrected chi connectivity index (χ2v) is 4.63. The van der Waals surface area contributed by atoms with Gasteiger partial charge in [0.1, 0.15) is 0 Å². The summed E-state index contributed by atoms with van der Waals surface area (Å²) in [6.07, 6.45) is 1.42. The molecule has 0 saturated carbocycles. The molecule has 0 rings (SSSR count). The van der Waals surface area contributed by atoms with Crippen LogP contribution in [-0.4, -0.2) is 49.5 Å². The molecule has 0 fully saturated rings. The van der Waals surface area contributed by atoms with Gasteiger partial charge in [-0.25, -0.2) is 0 Å². The maximum absolute atomic E-state index is 10.2. The van der Waals surface area contributed by atoms with Gasteiger partial charge in [-0.3, -0.25) is 4.99 Å². The van der Waals surface area contributed by atoms with E-state index in [0.29, 0.717) is 26.0 Å². The number of methoxy groups -OCH3 is 1. The first-order valence-corrected chi connectivity index (χ1v) is 6.77. The fourth-order valence-electron chi connectivity index (χ4n) is 1.54. The van der Waals surface area contributed by atoms with Crippen molar-refractivity contribution in [1.29, 1.82) is 0 Å². The highest BCUT2D eigenvalue weighted by Gasteiger charge is 2.21. The third-order valence-corrected chi connectivity index (χ3v) is 2.99. The molecule has 116 valence electrons. The number of nitrogens with one attached hydrogen (secondary N) is 2. The summed E-state index contributed by atoms with van der Waals surface area (Å²) in [5.41, 5.74) is -0.702. The van der Waals surface area contributed by atoms with E-state index in [2.05, 4.69) is 15.6 Å². The van der Waals surface area contributed by atoms with Crippen LogP contribution in [0.25, 0.3) is 0 Å². The molecule has 0 aromatic carbocycles. The molecule has 5 nitrogen and oxygen atoms in total. The zero-order valence-electron chi connectivity index (χ0n) is 12.8. The zero-order chi connectivity index (χ0) is 14.0. The number of halogens is 1. The van der Waals surface area contributed by atoms with Crippen LogP contribution in [0.1, 0.15) is 40.5 Å². The first-order valence-electron chi connectivity index (χ1n) is 6.77. The van der Waals surface area contributed by atoms with Crippen LogP contribution >= 0.6 is 24.0 Å². The van der Waals surface area contributed by atoms with Crippen molar-refractivity contribution in [3.63, 3.8) is 0 Å². The number of rotatable bonds is 8. The van der Waals surface area contributed by atoms with Crippen molar-refractivity contribution in [2.45, 2.75) is 52.2 Å². The second kappa shape index (κ2) is 11.7. The number of hydrogen-bond acceptors (Lipinski definition) is 3. The minimum atomic E-state index is -0.702. The lowest BCUT2D eigenvalue weighted by molar-refractivity contribution is 0.0417. The molecule has 0 aliphatic carbocycles. The lowest BCUT2D eigenvalue weighted by Crippen LogP contribution is -2.45. The summed E-state index contributed by atoms with van der Waals surface area (Å²) in [5.74, 6) is 0.724. The van der Waals surface area contributed by atoms with Gasteiger partial charge in [0.25, 0.3) is 0 Å². The van der Waals surface area contributed by atoms with E-state index in [-0.39, 0.29) is 30.0 Å². The van der Waals surface area contributed by atoms with Crippen molar-refractivity contribution >= 4 is 29.9 Å². The number of guanidine groups is 1. The Morgan fingerprint density at radius 2 is 1.89 bits per heavy atom. The Bertz CT molecular complexity index is 246. The van der Waals surface area contributed by atoms with Gasteiger partial charge in [0.15, 0.2) is 5.96 Å². The fraction of sp³-hybridized carbons (Fsp3) is 0.923. The van der Waals surface area contributed by atoms with Crippen molar-refractivity contribution in [2.24, 2.45) is 4.99 Å². The average Bonchev–Trinajstić information content (AvgIpc) is 2.36. The van der Waals surface area contributed by atoms with Crippen molar-refractivity contribution in [2.75, 3.05) is 26.8 Å². The average molecular weight is 387 g/mol. The third-order valence-electron chi connectivity index (χ3n) is 2.99. The summed E-state index contributed by atoms with van der Waals surface area (Å²) in [7, 11) is 1.68. The molecule has 0 aliphatic heterocycles. The highest BCUT2D eigenvalue weighted by molar-refractivity contribution is 14.0. The maximum atomic E-state index is 10.2. The summed E-state index contributed by atoms with van der Waals surface area (Å²) in [5, 5.41) is 16.6. The molecule has 6 heteroatoms. The molecular weight excluding hydrogens is 357 g/mol. The van der Waals surface area contributed by atoms with Gasteiger partial charge in [-0.1, -0.05) is 13.8 Å². The molecule has 0 aliphatic rings. The van der Waals surface area contributed by atoms with Gasteiger partial charge in [0.2, 0.25) is 0 Å². The van der Waals surface area contributed by atoms with Crippen LogP contribution in [0.15, 0.2) is 4.99 Å². The largest absolute Gasteiger partial charge is 0.388 e. The van der Waals surface area contributed by atoms with Gasteiger partial charge in [0.05, 0.1) is 18.8 Å². The lowest BCUT2D eigenvalue weighted by atomic mass is 9.98. The monoisotopic (exact) mass is 387 g/mol. The van der Waals surface area contributed by atoms with Gasteiger partial charge in [-0.05, 0) is 26.7 Å². The summed E-state index contributed by atoms with van der Waals surface area (Å²) in [4.78, 5) is 4.44. The van der Waals surface area contributed by atoms with Crippen molar-refractivity contribution in [1.82, 2.24) is 10.6 Å². The molecular formula is C13H30IN3O2. The topological polar surface area (TPSA) is 65.9 Å². The first kappa shape index (κ1) is 21.2. The number of hydrogen-bond donors (Lipinski definition) is 3. The Kier molecular flexibility index (Phi) is 13.1. The Morgan fingerprint density at radius 1 is 1.32 bits per heavy atom. The van der Waals surface area contributed by atoms with Gasteiger partial charge in [-0.2, -0.15) is 0 Å². The Hall–Kier alpha value is -0.0800. The molecule has 0 aromatic rings. The van der Waals surface area contributed by atoms with E-state index in [1.54, 1.807) is 7.11 Å². The van der Waals surface area contributed by atoms with Gasteiger partial charge in [-0.15, -0.1) is 24.0 Å². The van der Waals surface area contributed by atoms with Crippen molar-refractivity contribution in [3.05, 3.63) is 0 Å². The number of aliphatic hydroxyl groups is 1. The van der Waals surface area contributed by atoms with Crippen LogP contribution in [-0.2, 0) is 4.74 Å². The second-order valence-electron chi connectivity index (χ2n) is 4.63. The van der Waals surface area contributed by atoms with E-state index in [1.165, 1.54) is 0 Å². The summed E-state index contributed by atoms with van der Waals surface area (Å²) < 4.78 is 5.08. The van der Waals surface area contributed by atoms with Crippen LogP contribution in [0.5, 0.6) is 0 Å². The Balaban J connectivity index is 0. The summed E-state index contributed by atoms with van der Waals surface area (Å²) in [6, 6.07) is 0.184. The fourth-order valence-corrected chi connectivity index (χ4v) is 1.54. The molecule has 19 heavy (non-hydrogen) atoms. The maximum Gasteiger partial charge on any atom is 0.191 e. The SMILES string of the molecule is CCNC(=NCC(O)(CC)CC)NC(C)COC.I. The van der Waals surface area contributed by atoms with Crippen LogP contribution < -0.4 is 10.6 Å². The molecule has 0 saturated heterocycles. The molecule has 0 radical (unpaired) electrons. The molecule has 0 bridgehead atoms. The number of nitrogens with zero attached hydrogens (tertiary/aromatic N) is 1. The molecule has 0 amide bonds. The zero-order valence-corrected chi connectivity index (χ0v) is 15.2. The highest BCUT2D eigenvalue weighted by atomic mass is 127. The van der Waals surface area contributed by atoms with Crippen LogP contribution in [0.3, 0.4) is 0 Å². The standard InChI is InChI=1S/C13H29N3O2.HI/c1-6-13(17,7-2)10-15-12(14-8-3)16-11(4)9-18-5;/h11,17H,6-10H2,1-5H3,(H2,14,15,16);1H. The quantitative estimate of drug-likeness (QED) is 0.337. The first-order chi connectivity index (χ1) is 8.51. The minimum Gasteiger partial charge on any atom is -0.388 e. The highest BCUT2D eigenvalue weighted by Crippen LogP contribution is 2.14. The number of ether oxygens (including phenoxy) is 1. The molecule has 3 N–H and O–H groups in total. The summed E-state index contributed by atoms with van der Waals surface area (Å²) >= 11 is 0. The molecule has 1 unspecified atom stereocenters. The third kappa shape index (κ3) is 9.45. The lowest BCUT2D eigenvalue weighted by Gasteiger charge is -2.24. The normalized spacial score (nSPS) is 13.7. The van der Waals surface area contributed by atoms with E-state index in [9.17, 15) is 5.11 Å². The molecule has 0 spiro atoms. The van der Waals surface area contributed by atoms with Gasteiger partial charge >= 0.3 is 0 Å². The van der Waals surface area contributed by atoms with Crippen LogP contribution in [0.4, 0.5) is 0 Å². The Labute approximate surface area is 134 Å². The predicted molar refractivity (Wildman–Crippen MR) is 91.4 cm³/mol. The smallest absolute Gasteiger partial charge is 0.191 e. The van der Waals surface area contributed by atoms with Crippen LogP contribution in [0, 0.1) is 0 Å². The van der Waals surface area contributed by atoms with Crippen molar-refractivity contribution in [3.8, 4) is 0 Å².